The average molecular weight is 372 g/mol. The fourth-order valence-electron chi connectivity index (χ4n) is 0. The molecule has 0 saturated carbocycles. The van der Waals surface area contributed by atoms with E-state index in [1.807, 2.05) is 0 Å². The molecule has 0 aliphatic carbocycles. The molecule has 0 rings (SSSR count). The van der Waals surface area contributed by atoms with Crippen LogP contribution in [-0.4, -0.2) is 0 Å². The minimum absolute atomic E-state index is 0. The summed E-state index contributed by atoms with van der Waals surface area (Å²) in [5.41, 5.74) is 0. The van der Waals surface area contributed by atoms with Gasteiger partial charge >= 0.3 is 0 Å². The van der Waals surface area contributed by atoms with Crippen molar-refractivity contribution in [3.05, 3.63) is 0 Å². The van der Waals surface area contributed by atoms with Crippen LogP contribution in [0.5, 0.6) is 0 Å². The standard InChI is InChI=1S/Co.Cu.Fe.Mn.Ti.Zr. The van der Waals surface area contributed by atoms with Gasteiger partial charge in [-0.1, -0.05) is 0 Å². The van der Waals surface area contributed by atoms with Gasteiger partial charge in [-0.2, -0.15) is 0 Å². The van der Waals surface area contributed by atoms with Crippen LogP contribution in [0.1, 0.15) is 0 Å². The van der Waals surface area contributed by atoms with Crippen molar-refractivity contribution in [3.8, 4) is 0 Å². The summed E-state index contributed by atoms with van der Waals surface area (Å²) in [5, 5.41) is 0. The molecule has 6 heteroatoms. The van der Waals surface area contributed by atoms with E-state index in [0.29, 0.717) is 0 Å². The van der Waals surface area contributed by atoms with Crippen LogP contribution in [-0.2, 0) is 116 Å². The summed E-state index contributed by atoms with van der Waals surface area (Å²) in [6.07, 6.45) is 0. The first kappa shape index (κ1) is 54.1. The van der Waals surface area contributed by atoms with Crippen LogP contribution in [0, 0.1) is 0 Å². The molecular weight excluding hydrogens is 372 g/mol. The van der Waals surface area contributed by atoms with Crippen molar-refractivity contribution >= 4 is 0 Å². The smallest absolute Gasteiger partial charge is 0 e. The van der Waals surface area contributed by atoms with Crippen molar-refractivity contribution < 1.29 is 116 Å². The van der Waals surface area contributed by atoms with E-state index in [9.17, 15) is 0 Å². The Kier molecular flexibility index (Phi) is 342. The van der Waals surface area contributed by atoms with Crippen LogP contribution in [0.25, 0.3) is 0 Å². The minimum Gasteiger partial charge on any atom is 0 e. The van der Waals surface area contributed by atoms with Crippen molar-refractivity contribution in [1.29, 1.82) is 0 Å². The molecule has 0 unspecified atom stereocenters. The Morgan fingerprint density at radius 3 is 1.00 bits per heavy atom. The normalized spacial score (nSPS) is 0. The number of hydrogen-bond acceptors (Lipinski definition) is 0. The molecule has 0 aromatic heterocycles. The van der Waals surface area contributed by atoms with Crippen molar-refractivity contribution in [2.24, 2.45) is 0 Å². The van der Waals surface area contributed by atoms with Gasteiger partial charge in [0.05, 0.1) is 0 Å². The first-order valence-corrected chi connectivity index (χ1v) is 0. The van der Waals surface area contributed by atoms with E-state index >= 15 is 0 Å². The molecule has 6 heavy (non-hydrogen) atoms. The van der Waals surface area contributed by atoms with Crippen LogP contribution in [0.3, 0.4) is 0 Å². The minimum atomic E-state index is 0. The maximum absolute atomic E-state index is 0. The predicted octanol–water partition coefficient (Wildman–Crippen LogP) is -0.0150. The summed E-state index contributed by atoms with van der Waals surface area (Å²) >= 11 is 0. The maximum Gasteiger partial charge on any atom is 0 e. The predicted molar refractivity (Wildman–Crippen MR) is 0 cm³/mol. The SMILES string of the molecule is [Co].[Cu].[Fe].[Mn].[Ti].[Zr]. The molecule has 0 saturated heterocycles. The molecule has 0 atom stereocenters. The van der Waals surface area contributed by atoms with E-state index in [4.69, 9.17) is 0 Å². The van der Waals surface area contributed by atoms with Gasteiger partial charge in [0.15, 0.2) is 0 Å². The van der Waals surface area contributed by atoms with Crippen molar-refractivity contribution in [1.82, 2.24) is 0 Å². The van der Waals surface area contributed by atoms with Crippen molar-refractivity contribution in [2.45, 2.75) is 0 Å². The molecule has 0 N–H and O–H groups in total. The maximum atomic E-state index is 0. The first-order chi connectivity index (χ1) is 0. The number of hydrogen-bond donors (Lipinski definition) is 0. The molecule has 43 valence electrons. The summed E-state index contributed by atoms with van der Waals surface area (Å²) in [7, 11) is 0. The van der Waals surface area contributed by atoms with E-state index in [2.05, 4.69) is 0 Å². The zero-order valence-electron chi connectivity index (χ0n) is 2.37. The third-order valence-corrected chi connectivity index (χ3v) is 0. The van der Waals surface area contributed by atoms with Gasteiger partial charge in [-0.15, -0.1) is 0 Å². The second-order valence-electron chi connectivity index (χ2n) is 0. The van der Waals surface area contributed by atoms with Crippen LogP contribution in [0.2, 0.25) is 0 Å². The first-order valence-electron chi connectivity index (χ1n) is 0. The zero-order chi connectivity index (χ0) is 0. The second-order valence-corrected chi connectivity index (χ2v) is 0. The fourth-order valence-corrected chi connectivity index (χ4v) is 0. The Hall–Kier alpha value is 3.66. The Morgan fingerprint density at radius 2 is 1.00 bits per heavy atom. The monoisotopic (exact) mass is 371 g/mol. The third-order valence-electron chi connectivity index (χ3n) is 0. The molecule has 0 fully saturated rings. The molecule has 0 aliphatic rings. The largest absolute Gasteiger partial charge is 0 e. The second kappa shape index (κ2) is 37.9. The molecule has 3 radical (unpaired) electrons. The van der Waals surface area contributed by atoms with E-state index < -0.39 is 0 Å². The summed E-state index contributed by atoms with van der Waals surface area (Å²) in [6, 6.07) is 0. The van der Waals surface area contributed by atoms with Gasteiger partial charge in [0, 0.05) is 116 Å². The Labute approximate surface area is 114 Å². The molecule has 0 amide bonds. The zero-order valence-corrected chi connectivity index (χ0v) is 10.7. The van der Waals surface area contributed by atoms with Crippen LogP contribution < -0.4 is 0 Å². The molecule has 0 heterocycles. The molecule has 0 spiro atoms. The molecule has 0 bridgehead atoms. The van der Waals surface area contributed by atoms with E-state index in [1.54, 1.807) is 0 Å². The van der Waals surface area contributed by atoms with Gasteiger partial charge in [-0.25, -0.2) is 0 Å². The quantitative estimate of drug-likeness (QED) is 0.525. The van der Waals surface area contributed by atoms with Gasteiger partial charge in [0.1, 0.15) is 0 Å². The summed E-state index contributed by atoms with van der Waals surface area (Å²) < 4.78 is 0. The van der Waals surface area contributed by atoms with Gasteiger partial charge in [0.25, 0.3) is 0 Å². The third kappa shape index (κ3) is 25.4. The Balaban J connectivity index is 0. The molecule has 0 aromatic carbocycles. The van der Waals surface area contributed by atoms with Crippen molar-refractivity contribution in [2.75, 3.05) is 0 Å². The Bertz CT molecular complexity index is 15.5. The van der Waals surface area contributed by atoms with E-state index in [0.717, 1.165) is 0 Å². The summed E-state index contributed by atoms with van der Waals surface area (Å²) in [5.74, 6) is 0. The fraction of sp³-hybridized carbons (Fsp3) is 0. The average Bonchev–Trinajstić information content (AvgIpc) is 0. The Morgan fingerprint density at radius 1 is 1.00 bits per heavy atom. The van der Waals surface area contributed by atoms with E-state index in [-0.39, 0.29) is 116 Å². The van der Waals surface area contributed by atoms with E-state index in [1.165, 1.54) is 0 Å². The van der Waals surface area contributed by atoms with Gasteiger partial charge < -0.3 is 0 Å². The summed E-state index contributed by atoms with van der Waals surface area (Å²) in [6.45, 7) is 0. The topological polar surface area (TPSA) is 0 Å². The van der Waals surface area contributed by atoms with Crippen LogP contribution in [0.15, 0.2) is 0 Å². The van der Waals surface area contributed by atoms with Crippen LogP contribution >= 0.6 is 0 Å². The summed E-state index contributed by atoms with van der Waals surface area (Å²) in [4.78, 5) is 0. The molecule has 0 aromatic rings. The molecule has 0 nitrogen and oxygen atoms in total. The molecule has 0 aliphatic heterocycles. The van der Waals surface area contributed by atoms with Gasteiger partial charge in [0.2, 0.25) is 0 Å². The number of rotatable bonds is 0. The van der Waals surface area contributed by atoms with Crippen molar-refractivity contribution in [3.63, 3.8) is 0 Å². The van der Waals surface area contributed by atoms with Crippen LogP contribution in [0.4, 0.5) is 0 Å². The van der Waals surface area contributed by atoms with Gasteiger partial charge in [-0.3, -0.25) is 0 Å². The van der Waals surface area contributed by atoms with Gasteiger partial charge in [-0.05, 0) is 0 Å². The molecular formula is CoCuFeMnTiZr.